The van der Waals surface area contributed by atoms with Gasteiger partial charge in [0.15, 0.2) is 0 Å². The monoisotopic (exact) mass is 856 g/mol. The van der Waals surface area contributed by atoms with Gasteiger partial charge in [0.1, 0.15) is 0 Å². The fraction of sp³-hybridized carbons (Fsp3) is 0.281. The molecule has 0 radical (unpaired) electrons. The highest BCUT2D eigenvalue weighted by molar-refractivity contribution is 6.08. The highest BCUT2D eigenvalue weighted by Gasteiger charge is 2.27. The van der Waals surface area contributed by atoms with Crippen LogP contribution in [0.5, 0.6) is 0 Å². The van der Waals surface area contributed by atoms with E-state index in [2.05, 4.69) is 242 Å². The molecule has 0 N–H and O–H groups in total. The van der Waals surface area contributed by atoms with Gasteiger partial charge in [-0.15, -0.1) is 0 Å². The molecular formula is C64H73N. The Kier molecular flexibility index (Phi) is 16.1. The van der Waals surface area contributed by atoms with Gasteiger partial charge in [-0.25, -0.2) is 0 Å². The van der Waals surface area contributed by atoms with Crippen LogP contribution in [0.2, 0.25) is 0 Å². The van der Waals surface area contributed by atoms with Crippen LogP contribution in [0.1, 0.15) is 141 Å². The van der Waals surface area contributed by atoms with E-state index in [9.17, 15) is 0 Å². The molecule has 1 heteroatoms. The lowest BCUT2D eigenvalue weighted by Gasteiger charge is -2.16. The number of aromatic nitrogens is 1. The SMILES string of the molecule is C.C.CC1c2cccc3cccc(c23)C1C.CCC(C)c1c2ccccc2cc2ccccc12.CCC(C)c1ccc2ccccc2c1.CCC(C)n1c2ccccc2c2ccccc21. The first-order valence-electron chi connectivity index (χ1n) is 23.6. The highest BCUT2D eigenvalue weighted by atomic mass is 15.0. The van der Waals surface area contributed by atoms with Crippen molar-refractivity contribution in [2.24, 2.45) is 0 Å². The lowest BCUT2D eigenvalue weighted by molar-refractivity contribution is 0.563. The van der Waals surface area contributed by atoms with Crippen LogP contribution >= 0.6 is 0 Å². The molecule has 1 aliphatic rings. The largest absolute Gasteiger partial charge is 0.338 e. The van der Waals surface area contributed by atoms with Crippen molar-refractivity contribution in [2.75, 3.05) is 0 Å². The minimum atomic E-state index is 0. The number of fused-ring (bicyclic) bond motifs is 6. The standard InChI is InChI=1S/C18H18.C16H17N.C14H14.C14H16.2CH4/c1-3-13(2)18-16-10-6-4-8-14(16)12-15-9-5-7-11-17(15)18;1-3-12(2)17-15-10-6-4-8-13(15)14-9-5-7-11-16(14)17;1-9-10(2)13-8-4-6-11-5-3-7-12(9)14(11)13;1-3-11(2)13-9-8-12-6-4-5-7-14(12)10-13;;/h4-13H,3H2,1-2H3;4-12H,3H2,1-2H3;3-10H,1-2H3;4-11H,3H2,1-2H3;2*1H4. The van der Waals surface area contributed by atoms with Crippen LogP contribution in [-0.2, 0) is 0 Å². The van der Waals surface area contributed by atoms with E-state index in [1.54, 1.807) is 0 Å². The minimum absolute atomic E-state index is 0. The van der Waals surface area contributed by atoms with Crippen molar-refractivity contribution in [2.45, 2.75) is 119 Å². The van der Waals surface area contributed by atoms with E-state index >= 15 is 0 Å². The number of benzene rings is 9. The Morgan fingerprint density at radius 1 is 0.400 bits per heavy atom. The third-order valence-electron chi connectivity index (χ3n) is 14.2. The van der Waals surface area contributed by atoms with Crippen molar-refractivity contribution < 1.29 is 0 Å². The molecule has 0 amide bonds. The van der Waals surface area contributed by atoms with E-state index in [-0.39, 0.29) is 14.9 Å². The third kappa shape index (κ3) is 9.77. The zero-order valence-corrected chi connectivity index (χ0v) is 38.8. The van der Waals surface area contributed by atoms with Gasteiger partial charge in [0, 0.05) is 27.8 Å². The molecule has 5 atom stereocenters. The highest BCUT2D eigenvalue weighted by Crippen LogP contribution is 2.46. The van der Waals surface area contributed by atoms with Gasteiger partial charge in [0.25, 0.3) is 0 Å². The fourth-order valence-electron chi connectivity index (χ4n) is 9.84. The number of hydrogen-bond donors (Lipinski definition) is 0. The number of rotatable bonds is 6. The maximum atomic E-state index is 2.46. The summed E-state index contributed by atoms with van der Waals surface area (Å²) in [4.78, 5) is 0. The molecule has 1 nitrogen and oxygen atoms in total. The Bertz CT molecular complexity index is 2980. The second kappa shape index (κ2) is 21.7. The Morgan fingerprint density at radius 2 is 0.831 bits per heavy atom. The molecule has 0 saturated heterocycles. The van der Waals surface area contributed by atoms with Crippen molar-refractivity contribution >= 4 is 64.9 Å². The van der Waals surface area contributed by atoms with Crippen molar-refractivity contribution in [1.29, 1.82) is 0 Å². The summed E-state index contributed by atoms with van der Waals surface area (Å²) in [5, 5.41) is 13.8. The van der Waals surface area contributed by atoms with E-state index in [4.69, 9.17) is 0 Å². The predicted octanol–water partition coefficient (Wildman–Crippen LogP) is 20.0. The molecule has 10 aromatic rings. The molecule has 11 rings (SSSR count). The molecule has 0 bridgehead atoms. The van der Waals surface area contributed by atoms with Crippen molar-refractivity contribution in [3.05, 3.63) is 204 Å². The molecule has 65 heavy (non-hydrogen) atoms. The van der Waals surface area contributed by atoms with Crippen molar-refractivity contribution in [3.63, 3.8) is 0 Å². The van der Waals surface area contributed by atoms with Gasteiger partial charge in [0.05, 0.1) is 0 Å². The zero-order chi connectivity index (χ0) is 44.0. The van der Waals surface area contributed by atoms with E-state index in [1.165, 1.54) is 100.0 Å². The summed E-state index contributed by atoms with van der Waals surface area (Å²) >= 11 is 0. The summed E-state index contributed by atoms with van der Waals surface area (Å²) in [5.41, 5.74) is 8.72. The van der Waals surface area contributed by atoms with Crippen LogP contribution in [0.15, 0.2) is 182 Å². The van der Waals surface area contributed by atoms with E-state index in [1.807, 2.05) is 0 Å². The molecule has 1 heterocycles. The first-order valence-corrected chi connectivity index (χ1v) is 23.6. The predicted molar refractivity (Wildman–Crippen MR) is 291 cm³/mol. The van der Waals surface area contributed by atoms with Gasteiger partial charge in [0.2, 0.25) is 0 Å². The first-order chi connectivity index (χ1) is 30.7. The zero-order valence-electron chi connectivity index (χ0n) is 38.8. The second-order valence-corrected chi connectivity index (χ2v) is 18.0. The van der Waals surface area contributed by atoms with Gasteiger partial charge in [-0.3, -0.25) is 0 Å². The average Bonchev–Trinajstić information content (AvgIpc) is 3.81. The lowest BCUT2D eigenvalue weighted by Crippen LogP contribution is -2.02. The molecular weight excluding hydrogens is 783 g/mol. The van der Waals surface area contributed by atoms with E-state index in [0.717, 1.165) is 6.42 Å². The van der Waals surface area contributed by atoms with Gasteiger partial charge in [-0.05, 0) is 133 Å². The Morgan fingerprint density at radius 3 is 1.32 bits per heavy atom. The van der Waals surface area contributed by atoms with Gasteiger partial charge in [-0.2, -0.15) is 0 Å². The summed E-state index contributed by atoms with van der Waals surface area (Å²) in [6.45, 7) is 18.3. The average molecular weight is 856 g/mol. The molecule has 5 unspecified atom stereocenters. The Labute approximate surface area is 391 Å². The second-order valence-electron chi connectivity index (χ2n) is 18.0. The number of hydrogen-bond acceptors (Lipinski definition) is 0. The van der Waals surface area contributed by atoms with Crippen LogP contribution in [0.25, 0.3) is 64.9 Å². The van der Waals surface area contributed by atoms with Crippen LogP contribution in [0, 0.1) is 0 Å². The Balaban J connectivity index is 0.000000143. The van der Waals surface area contributed by atoms with Crippen LogP contribution in [0.4, 0.5) is 0 Å². The molecule has 9 aromatic carbocycles. The van der Waals surface area contributed by atoms with E-state index < -0.39 is 0 Å². The van der Waals surface area contributed by atoms with Crippen molar-refractivity contribution in [3.8, 4) is 0 Å². The summed E-state index contributed by atoms with van der Waals surface area (Å²) in [5.74, 6) is 2.62. The Hall–Kier alpha value is -6.18. The van der Waals surface area contributed by atoms with Gasteiger partial charge < -0.3 is 4.57 Å². The third-order valence-corrected chi connectivity index (χ3v) is 14.2. The minimum Gasteiger partial charge on any atom is -0.338 e. The van der Waals surface area contributed by atoms with Crippen LogP contribution in [-0.4, -0.2) is 4.57 Å². The summed E-state index contributed by atoms with van der Waals surface area (Å²) < 4.78 is 2.46. The smallest absolute Gasteiger partial charge is 0.0493 e. The summed E-state index contributed by atoms with van der Waals surface area (Å²) in [6, 6.07) is 66.3. The quantitative estimate of drug-likeness (QED) is 0.147. The van der Waals surface area contributed by atoms with Crippen LogP contribution in [0.3, 0.4) is 0 Å². The van der Waals surface area contributed by atoms with E-state index in [0.29, 0.717) is 29.7 Å². The topological polar surface area (TPSA) is 4.93 Å². The normalized spacial score (nSPS) is 15.1. The fourth-order valence-corrected chi connectivity index (χ4v) is 9.84. The molecule has 334 valence electrons. The molecule has 0 fully saturated rings. The summed E-state index contributed by atoms with van der Waals surface area (Å²) in [6.07, 6.45) is 3.54. The maximum Gasteiger partial charge on any atom is 0.0493 e. The maximum absolute atomic E-state index is 2.46. The molecule has 0 spiro atoms. The first kappa shape index (κ1) is 48.3. The van der Waals surface area contributed by atoms with Gasteiger partial charge >= 0.3 is 0 Å². The van der Waals surface area contributed by atoms with Crippen LogP contribution < -0.4 is 0 Å². The van der Waals surface area contributed by atoms with Gasteiger partial charge in [-0.1, -0.05) is 227 Å². The number of nitrogens with zero attached hydrogens (tertiary/aromatic N) is 1. The molecule has 1 aromatic heterocycles. The summed E-state index contributed by atoms with van der Waals surface area (Å²) in [7, 11) is 0. The molecule has 1 aliphatic carbocycles. The number of para-hydroxylation sites is 2. The molecule has 0 aliphatic heterocycles. The van der Waals surface area contributed by atoms with Crippen molar-refractivity contribution in [1.82, 2.24) is 4.57 Å². The molecule has 0 saturated carbocycles. The lowest BCUT2D eigenvalue weighted by atomic mass is 9.88.